The van der Waals surface area contributed by atoms with E-state index in [0.29, 0.717) is 19.6 Å². The van der Waals surface area contributed by atoms with E-state index in [1.54, 1.807) is 21.6 Å². The zero-order valence-electron chi connectivity index (χ0n) is 23.1. The molecule has 2 aromatic rings. The maximum atomic E-state index is 14.5. The van der Waals surface area contributed by atoms with Gasteiger partial charge in [0, 0.05) is 36.6 Å². The predicted octanol–water partition coefficient (Wildman–Crippen LogP) is 3.48. The molecule has 1 spiro atoms. The number of likely N-dealkylation sites (tertiary alicyclic amines) is 1. The molecule has 208 valence electrons. The number of thioether (sulfide) groups is 1. The molecular weight excluding hydrogens is 522 g/mol. The van der Waals surface area contributed by atoms with Crippen molar-refractivity contribution in [3.05, 3.63) is 89.5 Å². The van der Waals surface area contributed by atoms with E-state index in [0.717, 1.165) is 22.4 Å². The molecule has 1 unspecified atom stereocenters. The molecule has 4 aliphatic rings. The van der Waals surface area contributed by atoms with Gasteiger partial charge < -0.3 is 19.8 Å². The summed E-state index contributed by atoms with van der Waals surface area (Å²) >= 11 is 1.57. The molecule has 1 N–H and O–H groups in total. The number of carbonyl (C=O) groups is 3. The summed E-state index contributed by atoms with van der Waals surface area (Å²) in [6.45, 7) is 7.09. The summed E-state index contributed by atoms with van der Waals surface area (Å²) in [7, 11) is 0. The van der Waals surface area contributed by atoms with E-state index in [1.165, 1.54) is 0 Å². The lowest BCUT2D eigenvalue weighted by atomic mass is 9.74. The van der Waals surface area contributed by atoms with Crippen molar-refractivity contribution in [2.24, 2.45) is 11.8 Å². The highest BCUT2D eigenvalue weighted by Crippen LogP contribution is 2.65. The van der Waals surface area contributed by atoms with Crippen molar-refractivity contribution in [2.45, 2.75) is 42.9 Å². The third kappa shape index (κ3) is 3.95. The zero-order chi connectivity index (χ0) is 28.2. The number of rotatable bonds is 5. The number of benzene rings is 2. The van der Waals surface area contributed by atoms with E-state index in [-0.39, 0.29) is 30.9 Å². The highest BCUT2D eigenvalue weighted by Gasteiger charge is 2.73. The maximum Gasteiger partial charge on any atom is 0.251 e. The Bertz CT molecular complexity index is 1400. The number of anilines is 1. The lowest BCUT2D eigenvalue weighted by Gasteiger charge is -2.37. The van der Waals surface area contributed by atoms with Crippen molar-refractivity contribution in [3.63, 3.8) is 0 Å². The van der Waals surface area contributed by atoms with Gasteiger partial charge in [-0.1, -0.05) is 72.8 Å². The molecule has 2 saturated heterocycles. The topological polar surface area (TPSA) is 81.2 Å². The van der Waals surface area contributed by atoms with Gasteiger partial charge in [-0.3, -0.25) is 14.4 Å². The van der Waals surface area contributed by atoms with Gasteiger partial charge in [-0.05, 0) is 37.5 Å². The summed E-state index contributed by atoms with van der Waals surface area (Å²) in [5, 5.41) is 9.98. The minimum absolute atomic E-state index is 0.0453. The molecule has 3 amide bonds. The van der Waals surface area contributed by atoms with Crippen molar-refractivity contribution in [3.8, 4) is 0 Å². The van der Waals surface area contributed by atoms with Gasteiger partial charge in [0.05, 0.1) is 23.2 Å². The Balaban J connectivity index is 1.44. The molecule has 6 rings (SSSR count). The first-order chi connectivity index (χ1) is 19.2. The summed E-state index contributed by atoms with van der Waals surface area (Å²) in [5.41, 5.74) is 3.85. The maximum absolute atomic E-state index is 14.5. The molecular formula is C32H35N3O4S. The second-order valence-corrected chi connectivity index (χ2v) is 13.2. The number of aliphatic hydroxyl groups excluding tert-OH is 1. The fraction of sp³-hybridized carbons (Fsp3) is 0.406. The molecule has 8 heteroatoms. The number of fused-ring (bicyclic) bond motifs is 2. The number of carbonyl (C=O) groups excluding carboxylic acids is 3. The molecule has 7 nitrogen and oxygen atoms in total. The highest BCUT2D eigenvalue weighted by molar-refractivity contribution is 8.02. The molecule has 40 heavy (non-hydrogen) atoms. The number of aliphatic hydroxyl groups is 1. The quantitative estimate of drug-likeness (QED) is 0.570. The van der Waals surface area contributed by atoms with Crippen LogP contribution in [0.5, 0.6) is 0 Å². The first-order valence-electron chi connectivity index (χ1n) is 13.9. The van der Waals surface area contributed by atoms with Crippen LogP contribution in [-0.4, -0.2) is 74.4 Å². The lowest BCUT2D eigenvalue weighted by Crippen LogP contribution is -2.54. The van der Waals surface area contributed by atoms with Crippen LogP contribution < -0.4 is 4.90 Å². The molecule has 0 bridgehead atoms. The van der Waals surface area contributed by atoms with Gasteiger partial charge in [-0.2, -0.15) is 0 Å². The Morgan fingerprint density at radius 2 is 1.57 bits per heavy atom. The number of para-hydroxylation sites is 1. The minimum atomic E-state index is -0.927. The van der Waals surface area contributed by atoms with Crippen molar-refractivity contribution in [1.82, 2.24) is 9.80 Å². The highest BCUT2D eigenvalue weighted by atomic mass is 32.2. The van der Waals surface area contributed by atoms with Crippen LogP contribution >= 0.6 is 11.8 Å². The number of β-amino-alcohol motifs (C(OH)–C–C–N with tert-alkyl or cyclic N) is 1. The molecule has 4 aliphatic heterocycles. The molecule has 2 aromatic carbocycles. The first-order valence-corrected chi connectivity index (χ1v) is 14.7. The monoisotopic (exact) mass is 557 g/mol. The van der Waals surface area contributed by atoms with Gasteiger partial charge in [0.25, 0.3) is 5.91 Å². The Kier molecular flexibility index (Phi) is 6.66. The number of hydrogen-bond acceptors (Lipinski definition) is 5. The second kappa shape index (κ2) is 9.93. The number of aryl methyl sites for hydroxylation is 2. The normalized spacial score (nSPS) is 31.2. The Labute approximate surface area is 239 Å². The van der Waals surface area contributed by atoms with Crippen molar-refractivity contribution in [2.75, 3.05) is 31.1 Å². The average molecular weight is 558 g/mol. The van der Waals surface area contributed by atoms with E-state index < -0.39 is 27.4 Å². The Hall–Kier alpha value is -3.36. The van der Waals surface area contributed by atoms with Crippen LogP contribution in [0.4, 0.5) is 5.69 Å². The van der Waals surface area contributed by atoms with Crippen LogP contribution in [0, 0.1) is 25.7 Å². The zero-order valence-corrected chi connectivity index (χ0v) is 23.9. The lowest BCUT2D eigenvalue weighted by molar-refractivity contribution is -0.144. The molecule has 5 atom stereocenters. The second-order valence-electron chi connectivity index (χ2n) is 11.5. The molecule has 0 radical (unpaired) electrons. The fourth-order valence-electron chi connectivity index (χ4n) is 7.30. The van der Waals surface area contributed by atoms with Crippen molar-refractivity contribution < 1.29 is 19.5 Å². The number of hydrogen-bond donors (Lipinski definition) is 1. The number of amides is 3. The van der Waals surface area contributed by atoms with E-state index in [9.17, 15) is 19.5 Å². The van der Waals surface area contributed by atoms with Crippen LogP contribution in [0.15, 0.2) is 72.8 Å². The van der Waals surface area contributed by atoms with E-state index in [1.807, 2.05) is 92.4 Å². The minimum Gasteiger partial charge on any atom is -0.395 e. The van der Waals surface area contributed by atoms with Crippen LogP contribution in [0.1, 0.15) is 23.6 Å². The standard InChI is InChI=1S/C32H35N3O4S/c1-21-10-7-11-22(2)26(21)34-17-9-15-32-25(29(38)35(18-19-36)27(32)30(34)39)24-28(37)33(16-8-14-31(24,3)40-32)20-23-12-5-4-6-13-23/h4-15,24-25,27,36H,16-20H2,1-3H3/t24-,25+,27?,31+,32+/m1/s1. The molecule has 4 heterocycles. The molecule has 0 aliphatic carbocycles. The molecule has 0 saturated carbocycles. The van der Waals surface area contributed by atoms with Crippen LogP contribution in [0.2, 0.25) is 0 Å². The summed E-state index contributed by atoms with van der Waals surface area (Å²) in [5.74, 6) is -1.82. The van der Waals surface area contributed by atoms with Crippen molar-refractivity contribution >= 4 is 35.2 Å². The third-order valence-corrected chi connectivity index (χ3v) is 10.7. The van der Waals surface area contributed by atoms with Gasteiger partial charge in [-0.15, -0.1) is 11.8 Å². The van der Waals surface area contributed by atoms with Gasteiger partial charge in [0.1, 0.15) is 6.04 Å². The van der Waals surface area contributed by atoms with Crippen LogP contribution in [-0.2, 0) is 20.9 Å². The summed E-state index contributed by atoms with van der Waals surface area (Å²) in [4.78, 5) is 48.3. The summed E-state index contributed by atoms with van der Waals surface area (Å²) in [6.07, 6.45) is 8.12. The SMILES string of the molecule is Cc1cccc(C)c1N1CC=C[C@]23S[C@@]4(C)C=CCN(Cc5ccccc5)C(=O)[C@H]4[C@H]2C(=O)N(CCO)C3C1=O. The average Bonchev–Trinajstić information content (AvgIpc) is 3.19. The molecule has 2 fully saturated rings. The van der Waals surface area contributed by atoms with Gasteiger partial charge in [0.2, 0.25) is 11.8 Å². The van der Waals surface area contributed by atoms with E-state index >= 15 is 0 Å². The smallest absolute Gasteiger partial charge is 0.251 e. The summed E-state index contributed by atoms with van der Waals surface area (Å²) < 4.78 is -1.59. The molecule has 0 aromatic heterocycles. The summed E-state index contributed by atoms with van der Waals surface area (Å²) in [6, 6.07) is 15.0. The van der Waals surface area contributed by atoms with E-state index in [2.05, 4.69) is 6.08 Å². The fourth-order valence-corrected chi connectivity index (χ4v) is 9.46. The number of nitrogens with zero attached hydrogens (tertiary/aromatic N) is 3. The van der Waals surface area contributed by atoms with E-state index in [4.69, 9.17) is 0 Å². The van der Waals surface area contributed by atoms with Gasteiger partial charge >= 0.3 is 0 Å². The largest absolute Gasteiger partial charge is 0.395 e. The van der Waals surface area contributed by atoms with Crippen molar-refractivity contribution in [1.29, 1.82) is 0 Å². The first kappa shape index (κ1) is 26.8. The predicted molar refractivity (Wildman–Crippen MR) is 157 cm³/mol. The third-order valence-electron chi connectivity index (χ3n) is 8.91. The van der Waals surface area contributed by atoms with Gasteiger partial charge in [0.15, 0.2) is 0 Å². The van der Waals surface area contributed by atoms with Gasteiger partial charge in [-0.25, -0.2) is 0 Å². The van der Waals surface area contributed by atoms with Crippen LogP contribution in [0.25, 0.3) is 0 Å². The Morgan fingerprint density at radius 3 is 2.27 bits per heavy atom. The van der Waals surface area contributed by atoms with Crippen LogP contribution in [0.3, 0.4) is 0 Å². The Morgan fingerprint density at radius 1 is 0.875 bits per heavy atom.